The first-order chi connectivity index (χ1) is 7.65. The zero-order chi connectivity index (χ0) is 12.0. The Labute approximate surface area is 103 Å². The molecule has 0 aromatic carbocycles. The number of aryl methyl sites for hydroxylation is 1. The molecule has 0 bridgehead atoms. The highest BCUT2D eigenvalue weighted by atomic mass is 35.5. The van der Waals surface area contributed by atoms with E-state index in [9.17, 15) is 0 Å². The SMILES string of the molecule is Cc1cccnc1CNC(CCCl)C(C)C. The van der Waals surface area contributed by atoms with Gasteiger partial charge in [-0.25, -0.2) is 0 Å². The minimum Gasteiger partial charge on any atom is -0.308 e. The molecule has 0 radical (unpaired) electrons. The third kappa shape index (κ3) is 4.11. The number of rotatable bonds is 6. The largest absolute Gasteiger partial charge is 0.308 e. The summed E-state index contributed by atoms with van der Waals surface area (Å²) in [5.41, 5.74) is 2.37. The topological polar surface area (TPSA) is 24.9 Å². The van der Waals surface area contributed by atoms with Crippen molar-refractivity contribution >= 4 is 11.6 Å². The predicted octanol–water partition coefficient (Wildman–Crippen LogP) is 3.13. The van der Waals surface area contributed by atoms with Crippen LogP contribution in [-0.4, -0.2) is 16.9 Å². The van der Waals surface area contributed by atoms with Crippen LogP contribution < -0.4 is 5.32 Å². The fraction of sp³-hybridized carbons (Fsp3) is 0.615. The van der Waals surface area contributed by atoms with Gasteiger partial charge in [-0.2, -0.15) is 0 Å². The van der Waals surface area contributed by atoms with Crippen molar-refractivity contribution in [2.45, 2.75) is 39.8 Å². The Morgan fingerprint density at radius 2 is 2.19 bits per heavy atom. The normalized spacial score (nSPS) is 13.1. The van der Waals surface area contributed by atoms with Crippen LogP contribution >= 0.6 is 11.6 Å². The Morgan fingerprint density at radius 3 is 2.75 bits per heavy atom. The molecule has 1 atom stereocenters. The van der Waals surface area contributed by atoms with Crippen molar-refractivity contribution in [1.29, 1.82) is 0 Å². The molecule has 1 heterocycles. The summed E-state index contributed by atoms with van der Waals surface area (Å²) in [5.74, 6) is 1.31. The summed E-state index contributed by atoms with van der Waals surface area (Å²) in [7, 11) is 0. The number of pyridine rings is 1. The lowest BCUT2D eigenvalue weighted by atomic mass is 10.0. The summed E-state index contributed by atoms with van der Waals surface area (Å²) in [5, 5.41) is 3.53. The number of alkyl halides is 1. The van der Waals surface area contributed by atoms with Crippen LogP contribution in [0, 0.1) is 12.8 Å². The number of aromatic nitrogens is 1. The Morgan fingerprint density at radius 1 is 1.44 bits per heavy atom. The maximum atomic E-state index is 5.80. The van der Waals surface area contributed by atoms with E-state index in [0.717, 1.165) is 18.7 Å². The Balaban J connectivity index is 2.52. The lowest BCUT2D eigenvalue weighted by Crippen LogP contribution is -2.34. The maximum absolute atomic E-state index is 5.80. The molecule has 16 heavy (non-hydrogen) atoms. The van der Waals surface area contributed by atoms with E-state index in [1.807, 2.05) is 12.3 Å². The van der Waals surface area contributed by atoms with Crippen LogP contribution in [0.5, 0.6) is 0 Å². The molecule has 0 spiro atoms. The molecule has 2 nitrogen and oxygen atoms in total. The third-order valence-electron chi connectivity index (χ3n) is 2.87. The van der Waals surface area contributed by atoms with Gasteiger partial charge in [-0.1, -0.05) is 19.9 Å². The quantitative estimate of drug-likeness (QED) is 0.773. The fourth-order valence-corrected chi connectivity index (χ4v) is 1.95. The second-order valence-electron chi connectivity index (χ2n) is 4.48. The van der Waals surface area contributed by atoms with Gasteiger partial charge in [0.1, 0.15) is 0 Å². The minimum atomic E-state index is 0.471. The first-order valence-electron chi connectivity index (χ1n) is 5.85. The molecule has 1 N–H and O–H groups in total. The van der Waals surface area contributed by atoms with Gasteiger partial charge in [0, 0.05) is 24.7 Å². The molecule has 0 amide bonds. The van der Waals surface area contributed by atoms with Crippen LogP contribution in [0.3, 0.4) is 0 Å². The molecule has 1 aromatic heterocycles. The van der Waals surface area contributed by atoms with Gasteiger partial charge in [-0.15, -0.1) is 11.6 Å². The predicted molar refractivity (Wildman–Crippen MR) is 69.8 cm³/mol. The standard InChI is InChI=1S/C13H21ClN2/c1-10(2)12(6-7-14)16-9-13-11(3)5-4-8-15-13/h4-5,8,10,12,16H,6-7,9H2,1-3H3. The van der Waals surface area contributed by atoms with Gasteiger partial charge in [0.15, 0.2) is 0 Å². The van der Waals surface area contributed by atoms with Gasteiger partial charge >= 0.3 is 0 Å². The number of hydrogen-bond acceptors (Lipinski definition) is 2. The summed E-state index contributed by atoms with van der Waals surface area (Å²) < 4.78 is 0. The highest BCUT2D eigenvalue weighted by Crippen LogP contribution is 2.09. The molecule has 3 heteroatoms. The molecular weight excluding hydrogens is 220 g/mol. The molecule has 1 aromatic rings. The molecule has 1 rings (SSSR count). The highest BCUT2D eigenvalue weighted by Gasteiger charge is 2.12. The van der Waals surface area contributed by atoms with Gasteiger partial charge in [-0.3, -0.25) is 4.98 Å². The van der Waals surface area contributed by atoms with E-state index in [2.05, 4.69) is 37.1 Å². The lowest BCUT2D eigenvalue weighted by Gasteiger charge is -2.21. The van der Waals surface area contributed by atoms with Crippen LogP contribution in [0.2, 0.25) is 0 Å². The van der Waals surface area contributed by atoms with E-state index in [1.54, 1.807) is 0 Å². The van der Waals surface area contributed by atoms with E-state index >= 15 is 0 Å². The minimum absolute atomic E-state index is 0.471. The Hall–Kier alpha value is -0.600. The van der Waals surface area contributed by atoms with Gasteiger partial charge < -0.3 is 5.32 Å². The summed E-state index contributed by atoms with van der Waals surface area (Å²) in [6.07, 6.45) is 2.85. The van der Waals surface area contributed by atoms with Crippen molar-refractivity contribution in [2.75, 3.05) is 5.88 Å². The molecule has 1 unspecified atom stereocenters. The molecular formula is C13H21ClN2. The highest BCUT2D eigenvalue weighted by molar-refractivity contribution is 6.17. The van der Waals surface area contributed by atoms with E-state index in [4.69, 9.17) is 11.6 Å². The molecule has 0 aliphatic carbocycles. The Kier molecular flexibility index (Phi) is 5.78. The lowest BCUT2D eigenvalue weighted by molar-refractivity contribution is 0.387. The zero-order valence-corrected chi connectivity index (χ0v) is 11.1. The van der Waals surface area contributed by atoms with Crippen LogP contribution in [0.15, 0.2) is 18.3 Å². The van der Waals surface area contributed by atoms with Crippen LogP contribution in [0.4, 0.5) is 0 Å². The van der Waals surface area contributed by atoms with Gasteiger partial charge in [0.2, 0.25) is 0 Å². The van der Waals surface area contributed by atoms with Crippen LogP contribution in [-0.2, 0) is 6.54 Å². The van der Waals surface area contributed by atoms with Gasteiger partial charge in [0.05, 0.1) is 5.69 Å². The maximum Gasteiger partial charge on any atom is 0.0570 e. The molecule has 0 fully saturated rings. The molecule has 0 aliphatic heterocycles. The van der Waals surface area contributed by atoms with Crippen LogP contribution in [0.25, 0.3) is 0 Å². The van der Waals surface area contributed by atoms with Gasteiger partial charge in [-0.05, 0) is 30.9 Å². The smallest absolute Gasteiger partial charge is 0.0570 e. The zero-order valence-electron chi connectivity index (χ0n) is 10.3. The Bertz CT molecular complexity index is 313. The first kappa shape index (κ1) is 13.5. The van der Waals surface area contributed by atoms with Gasteiger partial charge in [0.25, 0.3) is 0 Å². The summed E-state index contributed by atoms with van der Waals surface area (Å²) >= 11 is 5.80. The molecule has 0 saturated heterocycles. The van der Waals surface area contributed by atoms with E-state index in [1.165, 1.54) is 5.56 Å². The third-order valence-corrected chi connectivity index (χ3v) is 3.09. The van der Waals surface area contributed by atoms with Crippen molar-refractivity contribution in [2.24, 2.45) is 5.92 Å². The summed E-state index contributed by atoms with van der Waals surface area (Å²) in [6.45, 7) is 7.35. The number of halogens is 1. The number of nitrogens with one attached hydrogen (secondary N) is 1. The van der Waals surface area contributed by atoms with Crippen molar-refractivity contribution in [3.05, 3.63) is 29.6 Å². The molecule has 0 aliphatic rings. The first-order valence-corrected chi connectivity index (χ1v) is 6.38. The average Bonchev–Trinajstić information content (AvgIpc) is 2.26. The summed E-state index contributed by atoms with van der Waals surface area (Å²) in [6, 6.07) is 4.53. The average molecular weight is 241 g/mol. The number of nitrogens with zero attached hydrogens (tertiary/aromatic N) is 1. The van der Waals surface area contributed by atoms with Crippen molar-refractivity contribution in [3.8, 4) is 0 Å². The van der Waals surface area contributed by atoms with E-state index < -0.39 is 0 Å². The van der Waals surface area contributed by atoms with Crippen molar-refractivity contribution in [3.63, 3.8) is 0 Å². The fourth-order valence-electron chi connectivity index (χ4n) is 1.72. The van der Waals surface area contributed by atoms with Crippen molar-refractivity contribution in [1.82, 2.24) is 10.3 Å². The monoisotopic (exact) mass is 240 g/mol. The van der Waals surface area contributed by atoms with E-state index in [-0.39, 0.29) is 0 Å². The van der Waals surface area contributed by atoms with E-state index in [0.29, 0.717) is 17.8 Å². The second-order valence-corrected chi connectivity index (χ2v) is 4.85. The molecule has 0 saturated carbocycles. The summed E-state index contributed by atoms with van der Waals surface area (Å²) in [4.78, 5) is 4.37. The van der Waals surface area contributed by atoms with Crippen molar-refractivity contribution < 1.29 is 0 Å². The number of hydrogen-bond donors (Lipinski definition) is 1. The van der Waals surface area contributed by atoms with Crippen LogP contribution in [0.1, 0.15) is 31.5 Å². The molecule has 90 valence electrons. The second kappa shape index (κ2) is 6.87.